The maximum Gasteiger partial charge on any atom is 0.0201 e. The molecule has 2 unspecified atom stereocenters. The number of hydrogen-bond acceptors (Lipinski definition) is 2. The second kappa shape index (κ2) is 7.56. The Morgan fingerprint density at radius 1 is 1.20 bits per heavy atom. The van der Waals surface area contributed by atoms with Crippen molar-refractivity contribution in [3.8, 4) is 0 Å². The van der Waals surface area contributed by atoms with Gasteiger partial charge in [0.25, 0.3) is 0 Å². The molecule has 0 saturated heterocycles. The van der Waals surface area contributed by atoms with E-state index in [9.17, 15) is 0 Å². The summed E-state index contributed by atoms with van der Waals surface area (Å²) in [4.78, 5) is 0. The summed E-state index contributed by atoms with van der Waals surface area (Å²) < 4.78 is 0. The molecular weight excluding hydrogens is 202 g/mol. The fourth-order valence-electron chi connectivity index (χ4n) is 2.28. The molecule has 1 rings (SSSR count). The van der Waals surface area contributed by atoms with Gasteiger partial charge in [-0.25, -0.2) is 0 Å². The Balaban J connectivity index is 2.39. The first-order valence-corrected chi connectivity index (χ1v) is 7.64. The molecule has 0 amide bonds. The SMILES string of the molecule is CCNC1CCCCCC1SCC(C)C. The Hall–Kier alpha value is 0.310. The zero-order valence-corrected chi connectivity index (χ0v) is 11.4. The zero-order valence-electron chi connectivity index (χ0n) is 10.6. The fraction of sp³-hybridized carbons (Fsp3) is 1.00. The molecule has 0 aliphatic heterocycles. The lowest BCUT2D eigenvalue weighted by Crippen LogP contribution is -2.37. The lowest BCUT2D eigenvalue weighted by atomic mass is 10.1. The number of rotatable bonds is 5. The van der Waals surface area contributed by atoms with Gasteiger partial charge in [-0.05, 0) is 31.1 Å². The van der Waals surface area contributed by atoms with Gasteiger partial charge in [0.2, 0.25) is 0 Å². The van der Waals surface area contributed by atoms with Crippen LogP contribution in [-0.2, 0) is 0 Å². The van der Waals surface area contributed by atoms with Gasteiger partial charge in [-0.15, -0.1) is 0 Å². The van der Waals surface area contributed by atoms with E-state index in [1.165, 1.54) is 37.9 Å². The van der Waals surface area contributed by atoms with Crippen LogP contribution in [0.1, 0.15) is 52.9 Å². The third kappa shape index (κ3) is 5.26. The third-order valence-corrected chi connectivity index (χ3v) is 4.91. The minimum atomic E-state index is 0.779. The van der Waals surface area contributed by atoms with Gasteiger partial charge in [-0.1, -0.05) is 40.0 Å². The average Bonchev–Trinajstić information content (AvgIpc) is 2.41. The minimum absolute atomic E-state index is 0.779. The molecule has 15 heavy (non-hydrogen) atoms. The average molecular weight is 229 g/mol. The molecule has 0 radical (unpaired) electrons. The molecule has 1 saturated carbocycles. The van der Waals surface area contributed by atoms with Crippen LogP contribution in [0.15, 0.2) is 0 Å². The van der Waals surface area contributed by atoms with E-state index < -0.39 is 0 Å². The van der Waals surface area contributed by atoms with Crippen LogP contribution in [-0.4, -0.2) is 23.6 Å². The van der Waals surface area contributed by atoms with E-state index in [-0.39, 0.29) is 0 Å². The van der Waals surface area contributed by atoms with Crippen LogP contribution in [0.2, 0.25) is 0 Å². The first kappa shape index (κ1) is 13.4. The quantitative estimate of drug-likeness (QED) is 0.722. The predicted octanol–water partition coefficient (Wildman–Crippen LogP) is 3.69. The van der Waals surface area contributed by atoms with E-state index in [0.29, 0.717) is 0 Å². The molecule has 2 heteroatoms. The standard InChI is InChI=1S/C13H27NS/c1-4-14-12-8-6-5-7-9-13(12)15-10-11(2)3/h11-14H,4-10H2,1-3H3. The van der Waals surface area contributed by atoms with E-state index in [0.717, 1.165) is 23.8 Å². The molecule has 0 aromatic carbocycles. The van der Waals surface area contributed by atoms with E-state index in [1.54, 1.807) is 0 Å². The van der Waals surface area contributed by atoms with E-state index in [2.05, 4.69) is 37.8 Å². The molecule has 90 valence electrons. The van der Waals surface area contributed by atoms with Crippen LogP contribution in [0.5, 0.6) is 0 Å². The highest BCUT2D eigenvalue weighted by Gasteiger charge is 2.23. The molecule has 0 spiro atoms. The van der Waals surface area contributed by atoms with Crippen molar-refractivity contribution in [1.82, 2.24) is 5.32 Å². The molecule has 2 atom stereocenters. The summed E-state index contributed by atoms with van der Waals surface area (Å²) in [5.41, 5.74) is 0. The summed E-state index contributed by atoms with van der Waals surface area (Å²) in [5.74, 6) is 2.16. The van der Waals surface area contributed by atoms with Crippen molar-refractivity contribution in [1.29, 1.82) is 0 Å². The second-order valence-electron chi connectivity index (χ2n) is 5.07. The zero-order chi connectivity index (χ0) is 11.1. The van der Waals surface area contributed by atoms with Gasteiger partial charge in [0.15, 0.2) is 0 Å². The van der Waals surface area contributed by atoms with Gasteiger partial charge in [0.05, 0.1) is 0 Å². The Morgan fingerprint density at radius 3 is 2.60 bits per heavy atom. The monoisotopic (exact) mass is 229 g/mol. The van der Waals surface area contributed by atoms with Crippen molar-refractivity contribution in [2.75, 3.05) is 12.3 Å². The number of hydrogen-bond donors (Lipinski definition) is 1. The Labute approximate surface area is 99.8 Å². The molecular formula is C13H27NS. The minimum Gasteiger partial charge on any atom is -0.313 e. The normalized spacial score (nSPS) is 28.0. The highest BCUT2D eigenvalue weighted by Crippen LogP contribution is 2.29. The molecule has 1 aliphatic rings. The Kier molecular flexibility index (Phi) is 6.74. The summed E-state index contributed by atoms with van der Waals surface area (Å²) in [6.07, 6.45) is 7.13. The second-order valence-corrected chi connectivity index (χ2v) is 6.34. The predicted molar refractivity (Wildman–Crippen MR) is 71.6 cm³/mol. The first-order valence-electron chi connectivity index (χ1n) is 6.59. The van der Waals surface area contributed by atoms with Crippen molar-refractivity contribution in [3.05, 3.63) is 0 Å². The number of nitrogens with one attached hydrogen (secondary N) is 1. The van der Waals surface area contributed by atoms with Crippen LogP contribution in [0.25, 0.3) is 0 Å². The van der Waals surface area contributed by atoms with Crippen LogP contribution in [0, 0.1) is 5.92 Å². The number of thioether (sulfide) groups is 1. The highest BCUT2D eigenvalue weighted by atomic mass is 32.2. The fourth-order valence-corrected chi connectivity index (χ4v) is 3.71. The molecule has 1 aliphatic carbocycles. The van der Waals surface area contributed by atoms with Gasteiger partial charge in [0.1, 0.15) is 0 Å². The molecule has 0 aromatic rings. The van der Waals surface area contributed by atoms with Crippen molar-refractivity contribution in [2.45, 2.75) is 64.2 Å². The molecule has 0 heterocycles. The van der Waals surface area contributed by atoms with E-state index in [4.69, 9.17) is 0 Å². The van der Waals surface area contributed by atoms with Crippen molar-refractivity contribution >= 4 is 11.8 Å². The van der Waals surface area contributed by atoms with Crippen LogP contribution >= 0.6 is 11.8 Å². The van der Waals surface area contributed by atoms with Crippen LogP contribution < -0.4 is 5.32 Å². The van der Waals surface area contributed by atoms with Gasteiger partial charge < -0.3 is 5.32 Å². The van der Waals surface area contributed by atoms with Crippen LogP contribution in [0.4, 0.5) is 0 Å². The van der Waals surface area contributed by atoms with Crippen molar-refractivity contribution in [2.24, 2.45) is 5.92 Å². The van der Waals surface area contributed by atoms with Gasteiger partial charge in [-0.2, -0.15) is 11.8 Å². The molecule has 1 nitrogen and oxygen atoms in total. The first-order chi connectivity index (χ1) is 7.24. The smallest absolute Gasteiger partial charge is 0.0201 e. The molecule has 0 aromatic heterocycles. The van der Waals surface area contributed by atoms with Crippen molar-refractivity contribution in [3.63, 3.8) is 0 Å². The van der Waals surface area contributed by atoms with Crippen molar-refractivity contribution < 1.29 is 0 Å². The summed E-state index contributed by atoms with van der Waals surface area (Å²) >= 11 is 2.20. The Morgan fingerprint density at radius 2 is 1.93 bits per heavy atom. The van der Waals surface area contributed by atoms with Gasteiger partial charge in [0, 0.05) is 11.3 Å². The van der Waals surface area contributed by atoms with Crippen LogP contribution in [0.3, 0.4) is 0 Å². The lowest BCUT2D eigenvalue weighted by molar-refractivity contribution is 0.482. The molecule has 0 bridgehead atoms. The largest absolute Gasteiger partial charge is 0.313 e. The summed E-state index contributed by atoms with van der Waals surface area (Å²) in [5, 5.41) is 4.55. The van der Waals surface area contributed by atoms with E-state index >= 15 is 0 Å². The summed E-state index contributed by atoms with van der Waals surface area (Å²) in [6, 6.07) is 0.779. The highest BCUT2D eigenvalue weighted by molar-refractivity contribution is 7.99. The molecule has 1 fully saturated rings. The van der Waals surface area contributed by atoms with E-state index in [1.807, 2.05) is 0 Å². The topological polar surface area (TPSA) is 12.0 Å². The van der Waals surface area contributed by atoms with Gasteiger partial charge in [-0.3, -0.25) is 0 Å². The molecule has 1 N–H and O–H groups in total. The Bertz CT molecular complexity index is 159. The summed E-state index contributed by atoms with van der Waals surface area (Å²) in [6.45, 7) is 8.01. The lowest BCUT2D eigenvalue weighted by Gasteiger charge is -2.26. The van der Waals surface area contributed by atoms with Gasteiger partial charge >= 0.3 is 0 Å². The maximum absolute atomic E-state index is 3.68. The third-order valence-electron chi connectivity index (χ3n) is 3.06. The maximum atomic E-state index is 3.68. The summed E-state index contributed by atoms with van der Waals surface area (Å²) in [7, 11) is 0.